The second-order valence-corrected chi connectivity index (χ2v) is 6.37. The summed E-state index contributed by atoms with van der Waals surface area (Å²) in [4.78, 5) is 33.0. The van der Waals surface area contributed by atoms with Gasteiger partial charge in [0.15, 0.2) is 0 Å². The third-order valence-electron chi connectivity index (χ3n) is 4.48. The molecule has 3 aromatic rings. The molecule has 1 aliphatic rings. The first-order valence-corrected chi connectivity index (χ1v) is 8.95. The Labute approximate surface area is 165 Å². The molecule has 1 fully saturated rings. The highest BCUT2D eigenvalue weighted by molar-refractivity contribution is 5.93. The van der Waals surface area contributed by atoms with Crippen LogP contribution >= 0.6 is 0 Å². The molecule has 3 heterocycles. The SMILES string of the molecule is O=C(c1cc(Nc2ccc(F)cc2F)ncn1)N1CCN(c2ncccn2)CC1. The maximum atomic E-state index is 13.8. The maximum Gasteiger partial charge on any atom is 0.272 e. The number of halogens is 2. The number of hydrogen-bond donors (Lipinski definition) is 1. The third-order valence-corrected chi connectivity index (χ3v) is 4.48. The van der Waals surface area contributed by atoms with Gasteiger partial charge in [0.1, 0.15) is 29.5 Å². The Balaban J connectivity index is 1.42. The van der Waals surface area contributed by atoms with Crippen molar-refractivity contribution in [1.29, 1.82) is 0 Å². The van der Waals surface area contributed by atoms with Crippen molar-refractivity contribution in [2.24, 2.45) is 0 Å². The number of piperazine rings is 1. The highest BCUT2D eigenvalue weighted by Crippen LogP contribution is 2.20. The number of nitrogens with one attached hydrogen (secondary N) is 1. The van der Waals surface area contributed by atoms with Gasteiger partial charge in [0.05, 0.1) is 5.69 Å². The van der Waals surface area contributed by atoms with E-state index in [1.54, 1.807) is 23.4 Å². The molecular weight excluding hydrogens is 380 g/mol. The number of carbonyl (C=O) groups is 1. The van der Waals surface area contributed by atoms with E-state index in [1.807, 2.05) is 4.90 Å². The van der Waals surface area contributed by atoms with Crippen molar-refractivity contribution in [2.75, 3.05) is 36.4 Å². The second-order valence-electron chi connectivity index (χ2n) is 6.37. The van der Waals surface area contributed by atoms with Crippen LogP contribution in [0.25, 0.3) is 0 Å². The summed E-state index contributed by atoms with van der Waals surface area (Å²) in [6, 6.07) is 6.36. The molecular formula is C19H17F2N7O. The molecule has 1 aromatic carbocycles. The van der Waals surface area contributed by atoms with E-state index in [9.17, 15) is 13.6 Å². The molecule has 1 saturated heterocycles. The zero-order chi connectivity index (χ0) is 20.2. The predicted octanol–water partition coefficient (Wildman–Crippen LogP) is 2.25. The highest BCUT2D eigenvalue weighted by Gasteiger charge is 2.24. The molecule has 10 heteroatoms. The molecule has 0 unspecified atom stereocenters. The smallest absolute Gasteiger partial charge is 0.272 e. The normalized spacial score (nSPS) is 14.0. The largest absolute Gasteiger partial charge is 0.338 e. The van der Waals surface area contributed by atoms with Crippen LogP contribution in [0, 0.1) is 11.6 Å². The molecule has 0 saturated carbocycles. The van der Waals surface area contributed by atoms with Crippen LogP contribution in [0.1, 0.15) is 10.5 Å². The van der Waals surface area contributed by atoms with Gasteiger partial charge in [-0.1, -0.05) is 0 Å². The average molecular weight is 397 g/mol. The molecule has 1 aliphatic heterocycles. The number of anilines is 3. The minimum Gasteiger partial charge on any atom is -0.338 e. The van der Waals surface area contributed by atoms with E-state index in [4.69, 9.17) is 0 Å². The Kier molecular flexibility index (Phi) is 5.23. The summed E-state index contributed by atoms with van der Waals surface area (Å²) in [5.41, 5.74) is 0.245. The minimum absolute atomic E-state index is 0.0555. The fourth-order valence-corrected chi connectivity index (χ4v) is 3.00. The first kappa shape index (κ1) is 18.7. The van der Waals surface area contributed by atoms with Gasteiger partial charge in [-0.25, -0.2) is 28.7 Å². The van der Waals surface area contributed by atoms with E-state index in [1.165, 1.54) is 18.5 Å². The zero-order valence-corrected chi connectivity index (χ0v) is 15.3. The summed E-state index contributed by atoms with van der Waals surface area (Å²) < 4.78 is 26.9. The van der Waals surface area contributed by atoms with Gasteiger partial charge in [0, 0.05) is 50.7 Å². The molecule has 1 N–H and O–H groups in total. The monoisotopic (exact) mass is 397 g/mol. The van der Waals surface area contributed by atoms with Crippen molar-refractivity contribution in [2.45, 2.75) is 0 Å². The fourth-order valence-electron chi connectivity index (χ4n) is 3.00. The molecule has 1 amide bonds. The topological polar surface area (TPSA) is 87.1 Å². The molecule has 8 nitrogen and oxygen atoms in total. The lowest BCUT2D eigenvalue weighted by molar-refractivity contribution is 0.0740. The fraction of sp³-hybridized carbons (Fsp3) is 0.211. The van der Waals surface area contributed by atoms with E-state index in [0.29, 0.717) is 32.1 Å². The zero-order valence-electron chi connectivity index (χ0n) is 15.3. The number of hydrogen-bond acceptors (Lipinski definition) is 7. The van der Waals surface area contributed by atoms with E-state index >= 15 is 0 Å². The molecule has 2 aromatic heterocycles. The Morgan fingerprint density at radius 3 is 2.45 bits per heavy atom. The van der Waals surface area contributed by atoms with Crippen LogP contribution < -0.4 is 10.2 Å². The van der Waals surface area contributed by atoms with Gasteiger partial charge in [-0.3, -0.25) is 4.79 Å². The van der Waals surface area contributed by atoms with Crippen LogP contribution in [0.2, 0.25) is 0 Å². The third kappa shape index (κ3) is 4.26. The lowest BCUT2D eigenvalue weighted by atomic mass is 10.2. The molecule has 0 radical (unpaired) electrons. The van der Waals surface area contributed by atoms with Gasteiger partial charge in [0.25, 0.3) is 5.91 Å². The van der Waals surface area contributed by atoms with Crippen LogP contribution in [0.5, 0.6) is 0 Å². The first-order valence-electron chi connectivity index (χ1n) is 8.95. The Morgan fingerprint density at radius 1 is 0.966 bits per heavy atom. The molecule has 29 heavy (non-hydrogen) atoms. The molecule has 0 spiro atoms. The van der Waals surface area contributed by atoms with Gasteiger partial charge in [-0.15, -0.1) is 0 Å². The number of amides is 1. The van der Waals surface area contributed by atoms with E-state index in [-0.39, 0.29) is 23.1 Å². The summed E-state index contributed by atoms with van der Waals surface area (Å²) >= 11 is 0. The molecule has 0 bridgehead atoms. The van der Waals surface area contributed by atoms with Crippen molar-refractivity contribution in [3.63, 3.8) is 0 Å². The second kappa shape index (κ2) is 8.13. The Morgan fingerprint density at radius 2 is 1.72 bits per heavy atom. The predicted molar refractivity (Wildman–Crippen MR) is 102 cm³/mol. The van der Waals surface area contributed by atoms with Crippen molar-refractivity contribution < 1.29 is 13.6 Å². The quantitative estimate of drug-likeness (QED) is 0.723. The number of carbonyl (C=O) groups excluding carboxylic acids is 1. The summed E-state index contributed by atoms with van der Waals surface area (Å²) in [7, 11) is 0. The van der Waals surface area contributed by atoms with Crippen molar-refractivity contribution in [3.05, 3.63) is 66.4 Å². The van der Waals surface area contributed by atoms with Crippen LogP contribution in [-0.2, 0) is 0 Å². The Hall–Kier alpha value is -3.69. The van der Waals surface area contributed by atoms with Gasteiger partial charge >= 0.3 is 0 Å². The number of benzene rings is 1. The van der Waals surface area contributed by atoms with E-state index in [0.717, 1.165) is 12.1 Å². The molecule has 0 aliphatic carbocycles. The minimum atomic E-state index is -0.754. The van der Waals surface area contributed by atoms with Crippen LogP contribution in [-0.4, -0.2) is 56.9 Å². The lowest BCUT2D eigenvalue weighted by Crippen LogP contribution is -2.49. The van der Waals surface area contributed by atoms with Gasteiger partial charge in [-0.05, 0) is 18.2 Å². The first-order chi connectivity index (χ1) is 14.1. The number of aromatic nitrogens is 4. The maximum absolute atomic E-state index is 13.8. The van der Waals surface area contributed by atoms with Gasteiger partial charge in [-0.2, -0.15) is 0 Å². The summed E-state index contributed by atoms with van der Waals surface area (Å²) in [5, 5.41) is 2.74. The molecule has 0 atom stereocenters. The van der Waals surface area contributed by atoms with Crippen LogP contribution in [0.15, 0.2) is 49.1 Å². The van der Waals surface area contributed by atoms with Crippen LogP contribution in [0.3, 0.4) is 0 Å². The Bertz CT molecular complexity index is 1010. The number of nitrogens with zero attached hydrogens (tertiary/aromatic N) is 6. The van der Waals surface area contributed by atoms with E-state index < -0.39 is 11.6 Å². The highest BCUT2D eigenvalue weighted by atomic mass is 19.1. The summed E-state index contributed by atoms with van der Waals surface area (Å²) in [6.45, 7) is 2.20. The van der Waals surface area contributed by atoms with Crippen molar-refractivity contribution >= 4 is 23.4 Å². The lowest BCUT2D eigenvalue weighted by Gasteiger charge is -2.34. The molecule has 148 valence electrons. The van der Waals surface area contributed by atoms with E-state index in [2.05, 4.69) is 25.3 Å². The average Bonchev–Trinajstić information content (AvgIpc) is 2.76. The van der Waals surface area contributed by atoms with Crippen LogP contribution in [0.4, 0.5) is 26.2 Å². The van der Waals surface area contributed by atoms with Crippen molar-refractivity contribution in [1.82, 2.24) is 24.8 Å². The summed E-state index contributed by atoms with van der Waals surface area (Å²) in [6.07, 6.45) is 4.59. The van der Waals surface area contributed by atoms with Gasteiger partial charge in [0.2, 0.25) is 5.95 Å². The standard InChI is InChI=1S/C19H17F2N7O/c20-13-2-3-15(14(21)10-13)26-17-11-16(24-12-25-17)18(29)27-6-8-28(9-7-27)19-22-4-1-5-23-19/h1-5,10-12H,6-9H2,(H,24,25,26). The van der Waals surface area contributed by atoms with Crippen molar-refractivity contribution in [3.8, 4) is 0 Å². The number of rotatable bonds is 4. The van der Waals surface area contributed by atoms with Gasteiger partial charge < -0.3 is 15.1 Å². The summed E-state index contributed by atoms with van der Waals surface area (Å²) in [5.74, 6) is -0.800. The molecule has 4 rings (SSSR count).